The third kappa shape index (κ3) is 5.21. The fourth-order valence-electron chi connectivity index (χ4n) is 2.63. The van der Waals surface area contributed by atoms with Gasteiger partial charge < -0.3 is 16.0 Å². The number of carbonyl (C=O) groups is 1. The number of amides is 1. The van der Waals surface area contributed by atoms with Crippen LogP contribution >= 0.6 is 24.8 Å². The predicted octanol–water partition coefficient (Wildman–Crippen LogP) is 4.39. The molecule has 2 aromatic carbocycles. The molecular formula is C19H24Cl2N4O. The summed E-state index contributed by atoms with van der Waals surface area (Å²) in [6.45, 7) is 2.16. The van der Waals surface area contributed by atoms with Crippen molar-refractivity contribution in [1.82, 2.24) is 9.97 Å². The summed E-state index contributed by atoms with van der Waals surface area (Å²) < 4.78 is 0. The van der Waals surface area contributed by atoms with Crippen LogP contribution in [0.1, 0.15) is 37.2 Å². The third-order valence-electron chi connectivity index (χ3n) is 4.01. The van der Waals surface area contributed by atoms with E-state index in [1.54, 1.807) is 0 Å². The second kappa shape index (κ2) is 10.2. The van der Waals surface area contributed by atoms with E-state index < -0.39 is 6.04 Å². The number of fused-ring (bicyclic) bond motifs is 1. The predicted molar refractivity (Wildman–Crippen MR) is 111 cm³/mol. The second-order valence-electron chi connectivity index (χ2n) is 5.90. The number of nitrogens with one attached hydrogen (secondary N) is 2. The quantitative estimate of drug-likeness (QED) is 0.579. The molecule has 0 aliphatic heterocycles. The lowest BCUT2D eigenvalue weighted by atomic mass is 10.1. The van der Waals surface area contributed by atoms with Crippen LogP contribution in [0.2, 0.25) is 0 Å². The summed E-state index contributed by atoms with van der Waals surface area (Å²) in [6.07, 6.45) is 3.18. The number of halogens is 2. The largest absolute Gasteiger partial charge is 0.342 e. The van der Waals surface area contributed by atoms with Gasteiger partial charge in [-0.25, -0.2) is 4.98 Å². The summed E-state index contributed by atoms with van der Waals surface area (Å²) in [7, 11) is 0. The van der Waals surface area contributed by atoms with Crippen molar-refractivity contribution >= 4 is 47.4 Å². The van der Waals surface area contributed by atoms with Crippen molar-refractivity contribution in [2.75, 3.05) is 5.32 Å². The van der Waals surface area contributed by atoms with Gasteiger partial charge in [-0.1, -0.05) is 43.7 Å². The molecule has 0 radical (unpaired) electrons. The van der Waals surface area contributed by atoms with Gasteiger partial charge in [-0.05, 0) is 30.2 Å². The summed E-state index contributed by atoms with van der Waals surface area (Å²) in [5.74, 6) is 0.752. The maximum absolute atomic E-state index is 12.3. The molecule has 1 heterocycles. The summed E-state index contributed by atoms with van der Waals surface area (Å²) in [6, 6.07) is 14.3. The second-order valence-corrected chi connectivity index (χ2v) is 5.90. The Bertz CT molecular complexity index is 836. The number of nitrogens with zero attached hydrogens (tertiary/aromatic N) is 1. The van der Waals surface area contributed by atoms with E-state index in [4.69, 9.17) is 5.73 Å². The first-order valence-electron chi connectivity index (χ1n) is 8.27. The van der Waals surface area contributed by atoms with Gasteiger partial charge >= 0.3 is 0 Å². The zero-order valence-corrected chi connectivity index (χ0v) is 16.2. The van der Waals surface area contributed by atoms with Crippen molar-refractivity contribution in [3.63, 3.8) is 0 Å². The number of rotatable bonds is 6. The van der Waals surface area contributed by atoms with Crippen LogP contribution in [0.15, 0.2) is 48.5 Å². The fraction of sp³-hybridized carbons (Fsp3) is 0.263. The van der Waals surface area contributed by atoms with E-state index >= 15 is 0 Å². The Morgan fingerprint density at radius 1 is 1.19 bits per heavy atom. The standard InChI is InChI=1S/C19H22N4O.2ClH/c1-2-3-9-17-22-15-11-10-14(12-16(15)23-17)21-19(24)18(20)13-7-5-4-6-8-13;;/h4-8,10-12,18H,2-3,9,20H2,1H3,(H,21,24)(H,22,23);2*1H. The van der Waals surface area contributed by atoms with Crippen LogP contribution in [-0.4, -0.2) is 15.9 Å². The Balaban J connectivity index is 0.00000169. The lowest BCUT2D eigenvalue weighted by Gasteiger charge is -2.12. The normalized spacial score (nSPS) is 11.3. The Morgan fingerprint density at radius 3 is 2.62 bits per heavy atom. The van der Waals surface area contributed by atoms with Crippen LogP contribution in [0, 0.1) is 0 Å². The minimum Gasteiger partial charge on any atom is -0.342 e. The molecule has 0 saturated carbocycles. The van der Waals surface area contributed by atoms with Gasteiger partial charge in [0.05, 0.1) is 11.0 Å². The molecule has 0 spiro atoms. The summed E-state index contributed by atoms with van der Waals surface area (Å²) in [5, 5.41) is 2.87. The molecule has 4 N–H and O–H groups in total. The monoisotopic (exact) mass is 394 g/mol. The maximum Gasteiger partial charge on any atom is 0.245 e. The van der Waals surface area contributed by atoms with Gasteiger partial charge in [-0.3, -0.25) is 4.79 Å². The van der Waals surface area contributed by atoms with Crippen molar-refractivity contribution in [2.24, 2.45) is 5.73 Å². The highest BCUT2D eigenvalue weighted by molar-refractivity contribution is 5.96. The molecule has 0 fully saturated rings. The number of imidazole rings is 1. The molecule has 0 aliphatic rings. The SMILES string of the molecule is CCCCc1nc2ccc(NC(=O)C(N)c3ccccc3)cc2[nH]1.Cl.Cl. The number of carbonyl (C=O) groups excluding carboxylic acids is 1. The van der Waals surface area contributed by atoms with E-state index in [1.165, 1.54) is 0 Å². The minimum absolute atomic E-state index is 0. The molecule has 0 saturated heterocycles. The Hall–Kier alpha value is -2.08. The molecule has 1 aromatic heterocycles. The van der Waals surface area contributed by atoms with Crippen molar-refractivity contribution < 1.29 is 4.79 Å². The van der Waals surface area contributed by atoms with Crippen LogP contribution < -0.4 is 11.1 Å². The molecule has 7 heteroatoms. The summed E-state index contributed by atoms with van der Waals surface area (Å²) >= 11 is 0. The highest BCUT2D eigenvalue weighted by Crippen LogP contribution is 2.19. The van der Waals surface area contributed by atoms with Crippen molar-refractivity contribution in [1.29, 1.82) is 0 Å². The van der Waals surface area contributed by atoms with Crippen molar-refractivity contribution in [3.8, 4) is 0 Å². The average molecular weight is 395 g/mol. The van der Waals surface area contributed by atoms with E-state index in [1.807, 2.05) is 48.5 Å². The van der Waals surface area contributed by atoms with Crippen LogP contribution in [-0.2, 0) is 11.2 Å². The number of benzene rings is 2. The molecule has 140 valence electrons. The smallest absolute Gasteiger partial charge is 0.245 e. The molecule has 26 heavy (non-hydrogen) atoms. The number of aromatic amines is 1. The van der Waals surface area contributed by atoms with Gasteiger partial charge in [-0.2, -0.15) is 0 Å². The number of hydrogen-bond acceptors (Lipinski definition) is 3. The Kier molecular flexibility index (Phi) is 8.58. The van der Waals surface area contributed by atoms with E-state index in [-0.39, 0.29) is 30.7 Å². The topological polar surface area (TPSA) is 83.8 Å². The molecule has 3 aromatic rings. The van der Waals surface area contributed by atoms with Gasteiger partial charge in [0.15, 0.2) is 0 Å². The van der Waals surface area contributed by atoms with Crippen LogP contribution in [0.25, 0.3) is 11.0 Å². The third-order valence-corrected chi connectivity index (χ3v) is 4.01. The summed E-state index contributed by atoms with van der Waals surface area (Å²) in [5.41, 5.74) is 9.36. The molecule has 1 unspecified atom stereocenters. The highest BCUT2D eigenvalue weighted by atomic mass is 35.5. The van der Waals surface area contributed by atoms with Crippen LogP contribution in [0.5, 0.6) is 0 Å². The van der Waals surface area contributed by atoms with Crippen molar-refractivity contribution in [3.05, 3.63) is 59.9 Å². The lowest BCUT2D eigenvalue weighted by Crippen LogP contribution is -2.27. The summed E-state index contributed by atoms with van der Waals surface area (Å²) in [4.78, 5) is 20.2. The zero-order valence-electron chi connectivity index (χ0n) is 14.6. The highest BCUT2D eigenvalue weighted by Gasteiger charge is 2.15. The number of hydrogen-bond donors (Lipinski definition) is 3. The van der Waals surface area contributed by atoms with Gasteiger partial charge in [-0.15, -0.1) is 24.8 Å². The van der Waals surface area contributed by atoms with Gasteiger partial charge in [0, 0.05) is 12.1 Å². The van der Waals surface area contributed by atoms with E-state index in [2.05, 4.69) is 22.2 Å². The molecule has 0 bridgehead atoms. The van der Waals surface area contributed by atoms with Crippen LogP contribution in [0.3, 0.4) is 0 Å². The lowest BCUT2D eigenvalue weighted by molar-refractivity contribution is -0.117. The first kappa shape index (κ1) is 22.0. The minimum atomic E-state index is -0.691. The first-order chi connectivity index (χ1) is 11.7. The molecule has 1 atom stereocenters. The van der Waals surface area contributed by atoms with E-state index in [0.29, 0.717) is 5.69 Å². The van der Waals surface area contributed by atoms with E-state index in [0.717, 1.165) is 41.7 Å². The number of aryl methyl sites for hydroxylation is 1. The van der Waals surface area contributed by atoms with Gasteiger partial charge in [0.1, 0.15) is 11.9 Å². The maximum atomic E-state index is 12.3. The van der Waals surface area contributed by atoms with Crippen molar-refractivity contribution in [2.45, 2.75) is 32.2 Å². The molecule has 0 aliphatic carbocycles. The average Bonchev–Trinajstić information content (AvgIpc) is 3.02. The van der Waals surface area contributed by atoms with E-state index in [9.17, 15) is 4.79 Å². The van der Waals surface area contributed by atoms with Crippen LogP contribution in [0.4, 0.5) is 5.69 Å². The molecular weight excluding hydrogens is 371 g/mol. The van der Waals surface area contributed by atoms with Gasteiger partial charge in [0.25, 0.3) is 0 Å². The van der Waals surface area contributed by atoms with Gasteiger partial charge in [0.2, 0.25) is 5.91 Å². The number of anilines is 1. The Labute approximate surface area is 165 Å². The number of H-pyrrole nitrogens is 1. The number of aromatic nitrogens is 2. The molecule has 5 nitrogen and oxygen atoms in total. The fourth-order valence-corrected chi connectivity index (χ4v) is 2.63. The number of unbranched alkanes of at least 4 members (excludes halogenated alkanes) is 1. The number of nitrogens with two attached hydrogens (primary N) is 1. The first-order valence-corrected chi connectivity index (χ1v) is 8.27. The molecule has 3 rings (SSSR count). The zero-order chi connectivity index (χ0) is 16.9. The Morgan fingerprint density at radius 2 is 1.92 bits per heavy atom. The molecule has 1 amide bonds.